The fourth-order valence-electron chi connectivity index (χ4n) is 4.43. The second kappa shape index (κ2) is 6.29. The number of amides is 1. The molecule has 3 heterocycles. The molecular weight excluding hydrogens is 352 g/mol. The summed E-state index contributed by atoms with van der Waals surface area (Å²) in [6, 6.07) is 10.2. The van der Waals surface area contributed by atoms with Crippen LogP contribution >= 0.6 is 0 Å². The van der Waals surface area contributed by atoms with Gasteiger partial charge in [0.15, 0.2) is 5.82 Å². The molecule has 1 aliphatic heterocycles. The van der Waals surface area contributed by atoms with Crippen LogP contribution in [0.3, 0.4) is 0 Å². The lowest BCUT2D eigenvalue weighted by molar-refractivity contribution is -0.134. The number of carbonyl (C=O) groups excluding carboxylic acids is 1. The van der Waals surface area contributed by atoms with Gasteiger partial charge in [-0.25, -0.2) is 0 Å². The highest BCUT2D eigenvalue weighted by atomic mass is 16.2. The average Bonchev–Trinajstić information content (AvgIpc) is 3.30. The minimum Gasteiger partial charge on any atom is -0.337 e. The summed E-state index contributed by atoms with van der Waals surface area (Å²) in [5.74, 6) is 1.02. The van der Waals surface area contributed by atoms with Crippen molar-refractivity contribution in [1.29, 1.82) is 0 Å². The second-order valence-corrected chi connectivity index (χ2v) is 7.76. The van der Waals surface area contributed by atoms with Gasteiger partial charge in [0.25, 0.3) is 0 Å². The monoisotopic (exact) mass is 376 g/mol. The van der Waals surface area contributed by atoms with Gasteiger partial charge in [-0.1, -0.05) is 30.3 Å². The molecule has 0 N–H and O–H groups in total. The number of hydrogen-bond donors (Lipinski definition) is 0. The zero-order valence-corrected chi connectivity index (χ0v) is 16.3. The quantitative estimate of drug-likeness (QED) is 0.701. The summed E-state index contributed by atoms with van der Waals surface area (Å²) < 4.78 is 3.93. The largest absolute Gasteiger partial charge is 0.337 e. The molecule has 2 aromatic heterocycles. The van der Waals surface area contributed by atoms with Gasteiger partial charge in [0.05, 0.1) is 5.41 Å². The number of aromatic nitrogens is 5. The molecule has 5 rings (SSSR count). The lowest BCUT2D eigenvalue weighted by Gasteiger charge is -2.31. The van der Waals surface area contributed by atoms with E-state index < -0.39 is 0 Å². The SMILES string of the molecule is CCn1cnnc1-c1nn(C)c2c1CN(C(=O)C1(c3ccccc3)CC1)CC2. The van der Waals surface area contributed by atoms with E-state index in [1.807, 2.05) is 39.4 Å². The molecule has 0 unspecified atom stereocenters. The van der Waals surface area contributed by atoms with Gasteiger partial charge in [0, 0.05) is 44.4 Å². The van der Waals surface area contributed by atoms with Crippen LogP contribution in [0.1, 0.15) is 36.6 Å². The van der Waals surface area contributed by atoms with Crippen molar-refractivity contribution in [3.63, 3.8) is 0 Å². The minimum absolute atomic E-state index is 0.246. The first-order chi connectivity index (χ1) is 13.6. The molecule has 0 saturated heterocycles. The maximum atomic E-state index is 13.5. The number of hydrogen-bond acceptors (Lipinski definition) is 4. The Morgan fingerprint density at radius 2 is 2.00 bits per heavy atom. The number of rotatable bonds is 4. The summed E-state index contributed by atoms with van der Waals surface area (Å²) >= 11 is 0. The van der Waals surface area contributed by atoms with Crippen LogP contribution in [-0.2, 0) is 36.8 Å². The Bertz CT molecular complexity index is 1030. The molecule has 0 bridgehead atoms. The van der Waals surface area contributed by atoms with Crippen LogP contribution in [0.5, 0.6) is 0 Å². The average molecular weight is 376 g/mol. The van der Waals surface area contributed by atoms with Crippen molar-refractivity contribution >= 4 is 5.91 Å². The topological polar surface area (TPSA) is 68.8 Å². The highest BCUT2D eigenvalue weighted by Gasteiger charge is 2.53. The predicted molar refractivity (Wildman–Crippen MR) is 104 cm³/mol. The first-order valence-corrected chi connectivity index (χ1v) is 9.92. The summed E-state index contributed by atoms with van der Waals surface area (Å²) in [4.78, 5) is 15.5. The van der Waals surface area contributed by atoms with Crippen LogP contribution in [0, 0.1) is 0 Å². The van der Waals surface area contributed by atoms with Crippen molar-refractivity contribution in [2.45, 2.75) is 44.7 Å². The standard InChI is InChI=1S/C21H24N6O/c1-3-26-14-22-23-19(26)18-16-13-27(12-9-17(16)25(2)24-18)20(28)21(10-11-21)15-7-5-4-6-8-15/h4-8,14H,3,9-13H2,1-2H3. The minimum atomic E-state index is -0.329. The van der Waals surface area contributed by atoms with E-state index in [1.165, 1.54) is 5.69 Å². The number of nitrogens with zero attached hydrogens (tertiary/aromatic N) is 6. The van der Waals surface area contributed by atoms with E-state index in [2.05, 4.69) is 29.3 Å². The molecule has 3 aromatic rings. The number of aryl methyl sites for hydroxylation is 2. The maximum absolute atomic E-state index is 13.5. The van der Waals surface area contributed by atoms with Crippen LogP contribution in [0.15, 0.2) is 36.7 Å². The Balaban J connectivity index is 1.48. The van der Waals surface area contributed by atoms with Gasteiger partial charge in [-0.15, -0.1) is 10.2 Å². The lowest BCUT2D eigenvalue weighted by Crippen LogP contribution is -2.42. The molecule has 28 heavy (non-hydrogen) atoms. The van der Waals surface area contributed by atoms with Crippen LogP contribution in [0.2, 0.25) is 0 Å². The van der Waals surface area contributed by atoms with E-state index in [0.717, 1.165) is 55.0 Å². The second-order valence-electron chi connectivity index (χ2n) is 7.76. The van der Waals surface area contributed by atoms with Gasteiger partial charge >= 0.3 is 0 Å². The fourth-order valence-corrected chi connectivity index (χ4v) is 4.43. The Morgan fingerprint density at radius 1 is 1.21 bits per heavy atom. The Labute approximate surface area is 164 Å². The molecule has 7 heteroatoms. The molecule has 0 spiro atoms. The molecule has 1 saturated carbocycles. The first-order valence-electron chi connectivity index (χ1n) is 9.92. The van der Waals surface area contributed by atoms with E-state index in [9.17, 15) is 4.79 Å². The lowest BCUT2D eigenvalue weighted by atomic mass is 9.93. The molecule has 7 nitrogen and oxygen atoms in total. The predicted octanol–water partition coefficient (Wildman–Crippen LogP) is 2.31. The van der Waals surface area contributed by atoms with Crippen molar-refractivity contribution in [1.82, 2.24) is 29.4 Å². The summed E-state index contributed by atoms with van der Waals surface area (Å²) in [5, 5.41) is 13.1. The molecule has 0 radical (unpaired) electrons. The van der Waals surface area contributed by atoms with E-state index in [1.54, 1.807) is 6.33 Å². The van der Waals surface area contributed by atoms with E-state index in [0.29, 0.717) is 6.54 Å². The zero-order valence-electron chi connectivity index (χ0n) is 16.3. The van der Waals surface area contributed by atoms with Crippen LogP contribution in [0.25, 0.3) is 11.5 Å². The van der Waals surface area contributed by atoms with Crippen molar-refractivity contribution in [3.05, 3.63) is 53.5 Å². The molecule has 144 valence electrons. The highest BCUT2D eigenvalue weighted by Crippen LogP contribution is 2.50. The zero-order chi connectivity index (χ0) is 19.3. The summed E-state index contributed by atoms with van der Waals surface area (Å²) in [7, 11) is 1.97. The summed E-state index contributed by atoms with van der Waals surface area (Å²) in [6.07, 6.45) is 4.42. The van der Waals surface area contributed by atoms with Crippen molar-refractivity contribution in [2.75, 3.05) is 6.54 Å². The van der Waals surface area contributed by atoms with Gasteiger partial charge in [0.1, 0.15) is 12.0 Å². The third-order valence-corrected chi connectivity index (χ3v) is 6.18. The Kier molecular flexibility index (Phi) is 3.86. The summed E-state index contributed by atoms with van der Waals surface area (Å²) in [5.41, 5.74) is 3.95. The Hall–Kier alpha value is -2.96. The maximum Gasteiger partial charge on any atom is 0.233 e. The van der Waals surface area contributed by atoms with Gasteiger partial charge in [-0.3, -0.25) is 9.48 Å². The third kappa shape index (κ3) is 2.49. The number of carbonyl (C=O) groups is 1. The molecule has 2 aliphatic rings. The molecular formula is C21H24N6O. The van der Waals surface area contributed by atoms with Crippen LogP contribution < -0.4 is 0 Å². The molecule has 1 amide bonds. The van der Waals surface area contributed by atoms with Gasteiger partial charge in [0.2, 0.25) is 5.91 Å². The number of benzene rings is 1. The molecule has 0 atom stereocenters. The molecule has 1 aromatic carbocycles. The van der Waals surface area contributed by atoms with Crippen molar-refractivity contribution in [2.24, 2.45) is 7.05 Å². The van der Waals surface area contributed by atoms with E-state index in [4.69, 9.17) is 5.10 Å². The van der Waals surface area contributed by atoms with Gasteiger partial charge < -0.3 is 9.47 Å². The third-order valence-electron chi connectivity index (χ3n) is 6.18. The highest BCUT2D eigenvalue weighted by molar-refractivity contribution is 5.91. The Morgan fingerprint density at radius 3 is 2.71 bits per heavy atom. The van der Waals surface area contributed by atoms with Crippen molar-refractivity contribution in [3.8, 4) is 11.5 Å². The van der Waals surface area contributed by atoms with Crippen molar-refractivity contribution < 1.29 is 4.79 Å². The van der Waals surface area contributed by atoms with E-state index >= 15 is 0 Å². The van der Waals surface area contributed by atoms with Crippen LogP contribution in [-0.4, -0.2) is 41.9 Å². The fraction of sp³-hybridized carbons (Fsp3) is 0.429. The first kappa shape index (κ1) is 17.2. The van der Waals surface area contributed by atoms with Gasteiger partial charge in [-0.2, -0.15) is 5.10 Å². The van der Waals surface area contributed by atoms with Gasteiger partial charge in [-0.05, 0) is 25.3 Å². The van der Waals surface area contributed by atoms with Crippen LogP contribution in [0.4, 0.5) is 0 Å². The van der Waals surface area contributed by atoms with E-state index in [-0.39, 0.29) is 11.3 Å². The molecule has 1 fully saturated rings. The normalized spacial score (nSPS) is 17.4. The summed E-state index contributed by atoms with van der Waals surface area (Å²) in [6.45, 7) is 4.17. The number of fused-ring (bicyclic) bond motifs is 1. The smallest absolute Gasteiger partial charge is 0.233 e. The molecule has 1 aliphatic carbocycles.